The molecular weight excluding hydrogens is 198 g/mol. The number of fused-ring (bicyclic) bond motifs is 1. The highest BCUT2D eigenvalue weighted by atomic mass is 35.5. The van der Waals surface area contributed by atoms with Gasteiger partial charge in [-0.15, -0.1) is 0 Å². The fourth-order valence-corrected chi connectivity index (χ4v) is 1.90. The number of nitrogens with zero attached hydrogens (tertiary/aromatic N) is 2. The molecular formula is C10H10ClN3. The van der Waals surface area contributed by atoms with Crippen LogP contribution in [0.4, 0.5) is 0 Å². The predicted molar refractivity (Wildman–Crippen MR) is 55.8 cm³/mol. The van der Waals surface area contributed by atoms with Crippen LogP contribution < -0.4 is 5.32 Å². The predicted octanol–water partition coefficient (Wildman–Crippen LogP) is 1.67. The number of hydrogen-bond donors (Lipinski definition) is 1. The van der Waals surface area contributed by atoms with Crippen LogP contribution in [0.15, 0.2) is 24.4 Å². The van der Waals surface area contributed by atoms with Gasteiger partial charge in [-0.25, -0.2) is 4.98 Å². The van der Waals surface area contributed by atoms with Gasteiger partial charge in [0.15, 0.2) is 0 Å². The van der Waals surface area contributed by atoms with Crippen molar-refractivity contribution in [3.63, 3.8) is 0 Å². The molecule has 2 aromatic rings. The lowest BCUT2D eigenvalue weighted by Gasteiger charge is -2.24. The van der Waals surface area contributed by atoms with Crippen molar-refractivity contribution in [2.24, 2.45) is 0 Å². The molecule has 0 spiro atoms. The second-order valence-corrected chi connectivity index (χ2v) is 3.98. The highest BCUT2D eigenvalue weighted by Crippen LogP contribution is 2.21. The maximum atomic E-state index is 6.04. The van der Waals surface area contributed by atoms with Gasteiger partial charge in [0.25, 0.3) is 0 Å². The summed E-state index contributed by atoms with van der Waals surface area (Å²) in [5.74, 6) is 0.561. The van der Waals surface area contributed by atoms with E-state index in [9.17, 15) is 0 Å². The Morgan fingerprint density at radius 1 is 1.43 bits per heavy atom. The van der Waals surface area contributed by atoms with Crippen molar-refractivity contribution in [2.75, 3.05) is 13.1 Å². The molecule has 72 valence electrons. The first kappa shape index (κ1) is 8.26. The van der Waals surface area contributed by atoms with Gasteiger partial charge < -0.3 is 5.32 Å². The molecule has 1 aliphatic heterocycles. The van der Waals surface area contributed by atoms with Gasteiger partial charge in [-0.2, -0.15) is 0 Å². The van der Waals surface area contributed by atoms with Gasteiger partial charge in [0.05, 0.1) is 5.69 Å². The quantitative estimate of drug-likeness (QED) is 0.721. The summed E-state index contributed by atoms with van der Waals surface area (Å²) in [6, 6.07) is 5.77. The number of aromatic nitrogens is 2. The zero-order valence-electron chi connectivity index (χ0n) is 7.57. The van der Waals surface area contributed by atoms with Crippen molar-refractivity contribution in [3.05, 3.63) is 35.2 Å². The van der Waals surface area contributed by atoms with Gasteiger partial charge in [0.1, 0.15) is 10.8 Å². The summed E-state index contributed by atoms with van der Waals surface area (Å²) in [5.41, 5.74) is 2.07. The second kappa shape index (κ2) is 2.97. The lowest BCUT2D eigenvalue weighted by molar-refractivity contribution is 0.441. The molecule has 0 aromatic carbocycles. The number of nitrogens with one attached hydrogen (secondary N) is 1. The number of halogens is 1. The van der Waals surface area contributed by atoms with Crippen LogP contribution in [0.2, 0.25) is 5.15 Å². The molecule has 3 nitrogen and oxygen atoms in total. The Balaban J connectivity index is 2.15. The maximum absolute atomic E-state index is 6.04. The highest BCUT2D eigenvalue weighted by molar-refractivity contribution is 6.29. The van der Waals surface area contributed by atoms with Gasteiger partial charge in [0, 0.05) is 25.2 Å². The van der Waals surface area contributed by atoms with E-state index < -0.39 is 0 Å². The Morgan fingerprint density at radius 2 is 2.29 bits per heavy atom. The van der Waals surface area contributed by atoms with Crippen LogP contribution in [0.25, 0.3) is 5.65 Å². The van der Waals surface area contributed by atoms with Crippen LogP contribution in [-0.2, 0) is 0 Å². The minimum Gasteiger partial charge on any atom is -0.315 e. The summed E-state index contributed by atoms with van der Waals surface area (Å²) in [5, 5.41) is 3.95. The molecule has 3 rings (SSSR count). The summed E-state index contributed by atoms with van der Waals surface area (Å²) >= 11 is 6.04. The van der Waals surface area contributed by atoms with Gasteiger partial charge in [-0.05, 0) is 12.1 Å². The van der Waals surface area contributed by atoms with E-state index in [1.807, 2.05) is 28.8 Å². The van der Waals surface area contributed by atoms with E-state index in [2.05, 4.69) is 10.3 Å². The van der Waals surface area contributed by atoms with E-state index in [0.717, 1.165) is 24.4 Å². The molecule has 3 heterocycles. The molecule has 0 saturated carbocycles. The number of pyridine rings is 1. The lowest BCUT2D eigenvalue weighted by atomic mass is 10.0. The Bertz CT molecular complexity index is 473. The summed E-state index contributed by atoms with van der Waals surface area (Å²) in [6.45, 7) is 2.06. The molecule has 1 N–H and O–H groups in total. The van der Waals surface area contributed by atoms with Crippen molar-refractivity contribution >= 4 is 17.2 Å². The van der Waals surface area contributed by atoms with Gasteiger partial charge in [0.2, 0.25) is 0 Å². The summed E-state index contributed by atoms with van der Waals surface area (Å²) < 4.78 is 1.93. The molecule has 0 bridgehead atoms. The van der Waals surface area contributed by atoms with Gasteiger partial charge in [-0.1, -0.05) is 17.7 Å². The standard InChI is InChI=1S/C10H10ClN3/c11-9-2-1-3-10-13-8(6-14(9)10)7-4-12-5-7/h1-3,6-7,12H,4-5H2. The van der Waals surface area contributed by atoms with E-state index in [1.54, 1.807) is 0 Å². The second-order valence-electron chi connectivity index (χ2n) is 3.60. The molecule has 1 fully saturated rings. The molecule has 1 aliphatic rings. The van der Waals surface area contributed by atoms with Crippen LogP contribution in [0.5, 0.6) is 0 Å². The van der Waals surface area contributed by atoms with E-state index in [1.165, 1.54) is 0 Å². The first-order valence-corrected chi connectivity index (χ1v) is 5.06. The third-order valence-corrected chi connectivity index (χ3v) is 2.97. The van der Waals surface area contributed by atoms with Crippen LogP contribution in [0.3, 0.4) is 0 Å². The molecule has 2 aromatic heterocycles. The lowest BCUT2D eigenvalue weighted by Crippen LogP contribution is -2.40. The molecule has 0 radical (unpaired) electrons. The molecule has 4 heteroatoms. The maximum Gasteiger partial charge on any atom is 0.138 e. The average Bonchev–Trinajstić information content (AvgIpc) is 2.46. The SMILES string of the molecule is Clc1cccc2nc(C3CNC3)cn12. The largest absolute Gasteiger partial charge is 0.315 e. The molecule has 0 aliphatic carbocycles. The summed E-state index contributed by atoms with van der Waals surface area (Å²) in [6.07, 6.45) is 2.03. The first-order valence-electron chi connectivity index (χ1n) is 4.69. The molecule has 0 amide bonds. The number of rotatable bonds is 1. The molecule has 0 unspecified atom stereocenters. The first-order chi connectivity index (χ1) is 6.84. The third kappa shape index (κ3) is 1.13. The summed E-state index contributed by atoms with van der Waals surface area (Å²) in [7, 11) is 0. The fourth-order valence-electron chi connectivity index (χ4n) is 1.69. The van der Waals surface area contributed by atoms with Crippen molar-refractivity contribution < 1.29 is 0 Å². The van der Waals surface area contributed by atoms with Crippen LogP contribution in [0, 0.1) is 0 Å². The van der Waals surface area contributed by atoms with E-state index in [-0.39, 0.29) is 0 Å². The highest BCUT2D eigenvalue weighted by Gasteiger charge is 2.21. The van der Waals surface area contributed by atoms with Crippen molar-refractivity contribution in [3.8, 4) is 0 Å². The monoisotopic (exact) mass is 207 g/mol. The normalized spacial score (nSPS) is 17.2. The molecule has 14 heavy (non-hydrogen) atoms. The average molecular weight is 208 g/mol. The van der Waals surface area contributed by atoms with Crippen molar-refractivity contribution in [1.29, 1.82) is 0 Å². The van der Waals surface area contributed by atoms with E-state index in [4.69, 9.17) is 11.6 Å². The van der Waals surface area contributed by atoms with Crippen LogP contribution in [-0.4, -0.2) is 22.5 Å². The zero-order chi connectivity index (χ0) is 9.54. The Morgan fingerprint density at radius 3 is 2.93 bits per heavy atom. The fraction of sp³-hybridized carbons (Fsp3) is 0.300. The number of imidazole rings is 1. The molecule has 1 saturated heterocycles. The zero-order valence-corrected chi connectivity index (χ0v) is 8.33. The molecule has 0 atom stereocenters. The Labute approximate surface area is 86.7 Å². The van der Waals surface area contributed by atoms with E-state index >= 15 is 0 Å². The Kier molecular flexibility index (Phi) is 1.75. The number of hydrogen-bond acceptors (Lipinski definition) is 2. The van der Waals surface area contributed by atoms with Crippen molar-refractivity contribution in [2.45, 2.75) is 5.92 Å². The van der Waals surface area contributed by atoms with Crippen molar-refractivity contribution in [1.82, 2.24) is 14.7 Å². The van der Waals surface area contributed by atoms with E-state index in [0.29, 0.717) is 11.1 Å². The smallest absolute Gasteiger partial charge is 0.138 e. The Hall–Kier alpha value is -1.06. The van der Waals surface area contributed by atoms with Crippen LogP contribution in [0.1, 0.15) is 11.6 Å². The topological polar surface area (TPSA) is 29.3 Å². The minimum absolute atomic E-state index is 0.561. The summed E-state index contributed by atoms with van der Waals surface area (Å²) in [4.78, 5) is 4.53. The van der Waals surface area contributed by atoms with Crippen LogP contribution >= 0.6 is 11.6 Å². The third-order valence-electron chi connectivity index (χ3n) is 2.66. The minimum atomic E-state index is 0.561. The van der Waals surface area contributed by atoms with Gasteiger partial charge in [-0.3, -0.25) is 4.40 Å². The van der Waals surface area contributed by atoms with Gasteiger partial charge >= 0.3 is 0 Å².